The topological polar surface area (TPSA) is 58.6 Å². The Bertz CT molecular complexity index is 847. The number of aromatic nitrogens is 2. The first kappa shape index (κ1) is 24.0. The Morgan fingerprint density at radius 3 is 2.65 bits per heavy atom. The fourth-order valence-electron chi connectivity index (χ4n) is 7.24. The van der Waals surface area contributed by atoms with Gasteiger partial charge in [-0.1, -0.05) is 20.3 Å². The lowest BCUT2D eigenvalue weighted by molar-refractivity contribution is -0.131. The Morgan fingerprint density at radius 2 is 1.91 bits per heavy atom. The van der Waals surface area contributed by atoms with Gasteiger partial charge < -0.3 is 9.64 Å². The third-order valence-electron chi connectivity index (χ3n) is 9.43. The molecule has 0 spiro atoms. The van der Waals surface area contributed by atoms with E-state index in [9.17, 15) is 4.79 Å². The zero-order chi connectivity index (χ0) is 23.7. The SMILES string of the molecule is CC[C@H](C)C[C@H]1CCC2Cc3ncnc(OC4CCC(N(C)CC(=O)N5CCCC5)CC4)c3C21. The minimum absolute atomic E-state index is 0.228. The van der Waals surface area contributed by atoms with Gasteiger partial charge in [0.1, 0.15) is 12.4 Å². The molecule has 2 saturated carbocycles. The minimum atomic E-state index is 0.228. The van der Waals surface area contributed by atoms with Crippen molar-refractivity contribution in [3.8, 4) is 5.88 Å². The van der Waals surface area contributed by atoms with Crippen LogP contribution in [0, 0.1) is 17.8 Å². The van der Waals surface area contributed by atoms with Gasteiger partial charge in [0, 0.05) is 24.7 Å². The molecule has 34 heavy (non-hydrogen) atoms. The number of ether oxygens (including phenoxy) is 1. The largest absolute Gasteiger partial charge is 0.474 e. The van der Waals surface area contributed by atoms with Crippen LogP contribution in [0.3, 0.4) is 0 Å². The number of amides is 1. The second kappa shape index (κ2) is 10.5. The molecular weight excluding hydrogens is 424 g/mol. The van der Waals surface area contributed by atoms with Crippen LogP contribution in [-0.4, -0.2) is 64.5 Å². The Hall–Kier alpha value is -1.69. The van der Waals surface area contributed by atoms with Gasteiger partial charge in [-0.15, -0.1) is 0 Å². The van der Waals surface area contributed by atoms with Gasteiger partial charge in [-0.3, -0.25) is 9.69 Å². The van der Waals surface area contributed by atoms with Gasteiger partial charge in [-0.2, -0.15) is 0 Å². The van der Waals surface area contributed by atoms with Crippen molar-refractivity contribution in [2.45, 2.75) is 103 Å². The quantitative estimate of drug-likeness (QED) is 0.547. The molecule has 4 atom stereocenters. The van der Waals surface area contributed by atoms with Crippen molar-refractivity contribution in [3.05, 3.63) is 17.6 Å². The molecule has 4 aliphatic rings. The minimum Gasteiger partial charge on any atom is -0.474 e. The molecule has 0 N–H and O–H groups in total. The Morgan fingerprint density at radius 1 is 1.15 bits per heavy atom. The van der Waals surface area contributed by atoms with Gasteiger partial charge >= 0.3 is 0 Å². The average molecular weight is 469 g/mol. The van der Waals surface area contributed by atoms with Crippen LogP contribution in [-0.2, 0) is 11.2 Å². The van der Waals surface area contributed by atoms with Crippen LogP contribution in [0.25, 0.3) is 0 Å². The second-order valence-electron chi connectivity index (χ2n) is 11.7. The molecular formula is C28H44N4O2. The van der Waals surface area contributed by atoms with Gasteiger partial charge in [0.25, 0.3) is 0 Å². The standard InChI is InChI=1S/C28H44N4O2/c1-4-19(2)15-20-7-8-21-16-24-27(26(20)21)28(30-18-29-24)34-23-11-9-22(10-12-23)31(3)17-25(33)32-13-5-6-14-32/h18-23,26H,4-17H2,1-3H3/t19-,20+,21?,22?,23?,26?/m0/s1. The second-order valence-corrected chi connectivity index (χ2v) is 11.7. The number of likely N-dealkylation sites (N-methyl/N-ethyl adjacent to an activating group) is 1. The normalized spacial score (nSPS) is 31.5. The molecule has 3 fully saturated rings. The number of likely N-dealkylation sites (tertiary alicyclic amines) is 1. The van der Waals surface area contributed by atoms with Crippen LogP contribution >= 0.6 is 0 Å². The van der Waals surface area contributed by atoms with Crippen LogP contribution in [0.1, 0.15) is 95.2 Å². The van der Waals surface area contributed by atoms with Crippen LogP contribution in [0.15, 0.2) is 6.33 Å². The molecule has 0 bridgehead atoms. The first-order valence-electron chi connectivity index (χ1n) is 14.0. The van der Waals surface area contributed by atoms with E-state index in [2.05, 4.69) is 30.8 Å². The third-order valence-corrected chi connectivity index (χ3v) is 9.43. The van der Waals surface area contributed by atoms with Crippen molar-refractivity contribution in [2.75, 3.05) is 26.7 Å². The van der Waals surface area contributed by atoms with Crippen molar-refractivity contribution in [1.82, 2.24) is 19.8 Å². The highest BCUT2D eigenvalue weighted by Crippen LogP contribution is 2.55. The molecule has 188 valence electrons. The summed E-state index contributed by atoms with van der Waals surface area (Å²) in [5.41, 5.74) is 2.61. The van der Waals surface area contributed by atoms with Crippen molar-refractivity contribution < 1.29 is 9.53 Å². The maximum absolute atomic E-state index is 12.6. The van der Waals surface area contributed by atoms with E-state index in [0.29, 0.717) is 24.4 Å². The number of hydrogen-bond acceptors (Lipinski definition) is 5. The summed E-state index contributed by atoms with van der Waals surface area (Å²) in [4.78, 5) is 26.2. The smallest absolute Gasteiger partial charge is 0.236 e. The lowest BCUT2D eigenvalue weighted by Crippen LogP contribution is -2.44. The summed E-state index contributed by atoms with van der Waals surface area (Å²) in [6.45, 7) is 7.15. The van der Waals surface area contributed by atoms with Gasteiger partial charge in [0.2, 0.25) is 11.8 Å². The summed E-state index contributed by atoms with van der Waals surface area (Å²) in [5, 5.41) is 0. The maximum Gasteiger partial charge on any atom is 0.236 e. The van der Waals surface area contributed by atoms with Crippen molar-refractivity contribution >= 4 is 5.91 Å². The zero-order valence-corrected chi connectivity index (χ0v) is 21.5. The molecule has 6 heteroatoms. The van der Waals surface area contributed by atoms with Gasteiger partial charge in [-0.25, -0.2) is 9.97 Å². The van der Waals surface area contributed by atoms with Crippen LogP contribution in [0.2, 0.25) is 0 Å². The van der Waals surface area contributed by atoms with E-state index in [1.54, 1.807) is 6.33 Å². The predicted molar refractivity (Wildman–Crippen MR) is 134 cm³/mol. The fourth-order valence-corrected chi connectivity index (χ4v) is 7.24. The van der Waals surface area contributed by atoms with Gasteiger partial charge in [0.15, 0.2) is 0 Å². The summed E-state index contributed by atoms with van der Waals surface area (Å²) >= 11 is 0. The van der Waals surface area contributed by atoms with E-state index in [1.807, 2.05) is 4.90 Å². The number of hydrogen-bond donors (Lipinski definition) is 0. The average Bonchev–Trinajstić information content (AvgIpc) is 3.58. The van der Waals surface area contributed by atoms with Crippen molar-refractivity contribution in [3.63, 3.8) is 0 Å². The summed E-state index contributed by atoms with van der Waals surface area (Å²) in [6, 6.07) is 0.474. The highest BCUT2D eigenvalue weighted by molar-refractivity contribution is 5.78. The molecule has 0 radical (unpaired) electrons. The molecule has 2 heterocycles. The maximum atomic E-state index is 12.6. The van der Waals surface area contributed by atoms with E-state index < -0.39 is 0 Å². The lowest BCUT2D eigenvalue weighted by Gasteiger charge is -2.35. The highest BCUT2D eigenvalue weighted by atomic mass is 16.5. The van der Waals surface area contributed by atoms with E-state index in [4.69, 9.17) is 9.72 Å². The molecule has 3 aliphatic carbocycles. The van der Waals surface area contributed by atoms with Crippen LogP contribution in [0.5, 0.6) is 5.88 Å². The molecule has 1 amide bonds. The van der Waals surface area contributed by atoms with E-state index >= 15 is 0 Å². The van der Waals surface area contributed by atoms with Gasteiger partial charge in [-0.05, 0) is 94.9 Å². The molecule has 1 saturated heterocycles. The number of rotatable bonds is 8. The molecule has 1 aliphatic heterocycles. The first-order valence-corrected chi connectivity index (χ1v) is 14.0. The summed E-state index contributed by atoms with van der Waals surface area (Å²) in [5.74, 6) is 4.06. The van der Waals surface area contributed by atoms with Crippen molar-refractivity contribution in [2.24, 2.45) is 17.8 Å². The summed E-state index contributed by atoms with van der Waals surface area (Å²) in [7, 11) is 2.12. The lowest BCUT2D eigenvalue weighted by atomic mass is 9.82. The molecule has 0 aromatic carbocycles. The number of carbonyl (C=O) groups excluding carboxylic acids is 1. The number of carbonyl (C=O) groups is 1. The van der Waals surface area contributed by atoms with Gasteiger partial charge in [0.05, 0.1) is 12.2 Å². The fraction of sp³-hybridized carbons (Fsp3) is 0.821. The Kier molecular flexibility index (Phi) is 7.43. The first-order chi connectivity index (χ1) is 16.5. The molecule has 5 rings (SSSR count). The molecule has 1 aromatic heterocycles. The van der Waals surface area contributed by atoms with E-state index in [-0.39, 0.29) is 6.10 Å². The summed E-state index contributed by atoms with van der Waals surface area (Å²) < 4.78 is 6.63. The zero-order valence-electron chi connectivity index (χ0n) is 21.5. The Balaban J connectivity index is 1.18. The highest BCUT2D eigenvalue weighted by Gasteiger charge is 2.46. The molecule has 2 unspecified atom stereocenters. The molecule has 6 nitrogen and oxygen atoms in total. The van der Waals surface area contributed by atoms with E-state index in [1.165, 1.54) is 36.9 Å². The predicted octanol–water partition coefficient (Wildman–Crippen LogP) is 4.82. The Labute approximate surface area is 205 Å². The van der Waals surface area contributed by atoms with E-state index in [0.717, 1.165) is 81.7 Å². The number of nitrogens with zero attached hydrogens (tertiary/aromatic N) is 4. The summed E-state index contributed by atoms with van der Waals surface area (Å²) in [6.07, 6.45) is 14.9. The third kappa shape index (κ3) is 4.98. The van der Waals surface area contributed by atoms with Crippen LogP contribution < -0.4 is 4.74 Å². The molecule has 1 aromatic rings. The van der Waals surface area contributed by atoms with Crippen LogP contribution in [0.4, 0.5) is 0 Å². The van der Waals surface area contributed by atoms with Crippen molar-refractivity contribution in [1.29, 1.82) is 0 Å². The number of fused-ring (bicyclic) bond motifs is 3. The monoisotopic (exact) mass is 468 g/mol.